The summed E-state index contributed by atoms with van der Waals surface area (Å²) in [6, 6.07) is 15.2. The molecule has 1 N–H and O–H groups in total. The zero-order valence-electron chi connectivity index (χ0n) is 26.4. The van der Waals surface area contributed by atoms with Crippen molar-refractivity contribution in [2.75, 3.05) is 95.4 Å². The van der Waals surface area contributed by atoms with E-state index in [1.165, 1.54) is 7.11 Å². The summed E-state index contributed by atoms with van der Waals surface area (Å²) in [6.07, 6.45) is 0.456. The maximum Gasteiger partial charge on any atom is 0.328 e. The van der Waals surface area contributed by atoms with Crippen LogP contribution >= 0.6 is 0 Å². The van der Waals surface area contributed by atoms with Gasteiger partial charge in [-0.1, -0.05) is 30.3 Å². The van der Waals surface area contributed by atoms with Crippen LogP contribution < -0.4 is 19.4 Å². The standard InChI is InChI=1S/C33H41N9O3/c1-38-13-17-40(18-14-38)31-35-32(41-19-15-39(2)16-20-41)37-33(36-31)42-27(30(43)45-4)21-25-24-7-5-6-8-26(24)34-28(25)29(42)22-9-11-23(44-3)12-10-22/h5-12,27,29,34H,13-21H2,1-4H3/t27-,29-/m1/s1. The third-order valence-corrected chi connectivity index (χ3v) is 9.44. The Hall–Kier alpha value is -4.42. The molecule has 0 spiro atoms. The van der Waals surface area contributed by atoms with Gasteiger partial charge in [0.05, 0.1) is 20.3 Å². The van der Waals surface area contributed by atoms with E-state index in [0.717, 1.165) is 85.8 Å². The number of esters is 1. The largest absolute Gasteiger partial charge is 0.497 e. The van der Waals surface area contributed by atoms with Crippen LogP contribution in [0, 0.1) is 0 Å². The van der Waals surface area contributed by atoms with Crippen LogP contribution in [-0.4, -0.2) is 122 Å². The molecule has 0 saturated carbocycles. The summed E-state index contributed by atoms with van der Waals surface area (Å²) in [5.41, 5.74) is 4.13. The number of anilines is 3. The summed E-state index contributed by atoms with van der Waals surface area (Å²) in [4.78, 5) is 43.9. The Morgan fingerprint density at radius 3 is 1.93 bits per heavy atom. The van der Waals surface area contributed by atoms with Gasteiger partial charge in [-0.25, -0.2) is 4.79 Å². The summed E-state index contributed by atoms with van der Waals surface area (Å²) < 4.78 is 11.0. The number of carbonyl (C=O) groups is 1. The van der Waals surface area contributed by atoms with Gasteiger partial charge in [-0.05, 0) is 43.4 Å². The van der Waals surface area contributed by atoms with Crippen molar-refractivity contribution < 1.29 is 14.3 Å². The number of ether oxygens (including phenoxy) is 2. The lowest BCUT2D eigenvalue weighted by Gasteiger charge is -2.42. The molecular formula is C33H41N9O3. The molecule has 0 bridgehead atoms. The van der Waals surface area contributed by atoms with E-state index < -0.39 is 6.04 Å². The number of rotatable bonds is 6. The van der Waals surface area contributed by atoms with Crippen LogP contribution in [0.25, 0.3) is 10.9 Å². The van der Waals surface area contributed by atoms with Gasteiger partial charge in [0, 0.05) is 75.4 Å². The van der Waals surface area contributed by atoms with Crippen molar-refractivity contribution in [3.63, 3.8) is 0 Å². The van der Waals surface area contributed by atoms with Crippen molar-refractivity contribution in [1.82, 2.24) is 29.7 Å². The van der Waals surface area contributed by atoms with Crippen LogP contribution in [0.1, 0.15) is 22.9 Å². The normalized spacial score (nSPS) is 21.2. The Labute approximate surface area is 263 Å². The number of nitrogens with zero attached hydrogens (tertiary/aromatic N) is 8. The Kier molecular flexibility index (Phi) is 7.92. The topological polar surface area (TPSA) is 106 Å². The molecule has 3 aliphatic heterocycles. The van der Waals surface area contributed by atoms with Crippen LogP contribution in [0.2, 0.25) is 0 Å². The van der Waals surface area contributed by atoms with E-state index in [4.69, 9.17) is 24.4 Å². The third kappa shape index (κ3) is 5.53. The Balaban J connectivity index is 1.42. The summed E-state index contributed by atoms with van der Waals surface area (Å²) in [6.45, 7) is 6.96. The molecular weight excluding hydrogens is 570 g/mol. The van der Waals surface area contributed by atoms with Gasteiger partial charge in [-0.2, -0.15) is 15.0 Å². The number of nitrogens with one attached hydrogen (secondary N) is 1. The number of hydrogen-bond acceptors (Lipinski definition) is 11. The maximum atomic E-state index is 13.7. The number of benzene rings is 2. The fraction of sp³-hybridized carbons (Fsp3) is 0.455. The van der Waals surface area contributed by atoms with E-state index >= 15 is 0 Å². The van der Waals surface area contributed by atoms with Gasteiger partial charge in [0.15, 0.2) is 0 Å². The monoisotopic (exact) mass is 611 g/mol. The zero-order chi connectivity index (χ0) is 31.1. The molecule has 5 heterocycles. The minimum absolute atomic E-state index is 0.327. The predicted molar refractivity (Wildman–Crippen MR) is 174 cm³/mol. The van der Waals surface area contributed by atoms with Gasteiger partial charge in [-0.3, -0.25) is 0 Å². The Bertz CT molecular complexity index is 1620. The molecule has 4 aromatic rings. The molecule has 45 heavy (non-hydrogen) atoms. The molecule has 2 atom stereocenters. The van der Waals surface area contributed by atoms with Gasteiger partial charge in [0.1, 0.15) is 11.8 Å². The van der Waals surface area contributed by atoms with Crippen molar-refractivity contribution in [2.45, 2.75) is 18.5 Å². The molecule has 0 radical (unpaired) electrons. The van der Waals surface area contributed by atoms with Crippen molar-refractivity contribution in [1.29, 1.82) is 0 Å². The molecule has 12 heteroatoms. The van der Waals surface area contributed by atoms with Gasteiger partial charge in [-0.15, -0.1) is 0 Å². The minimum atomic E-state index is -0.656. The Morgan fingerprint density at radius 1 is 0.778 bits per heavy atom. The smallest absolute Gasteiger partial charge is 0.328 e. The van der Waals surface area contributed by atoms with E-state index in [1.54, 1.807) is 7.11 Å². The van der Waals surface area contributed by atoms with Crippen molar-refractivity contribution in [3.8, 4) is 5.75 Å². The first-order valence-corrected chi connectivity index (χ1v) is 15.7. The minimum Gasteiger partial charge on any atom is -0.497 e. The molecule has 236 valence electrons. The number of hydrogen-bond donors (Lipinski definition) is 1. The molecule has 2 fully saturated rings. The van der Waals surface area contributed by atoms with Gasteiger partial charge in [0.25, 0.3) is 0 Å². The van der Waals surface area contributed by atoms with E-state index in [0.29, 0.717) is 24.3 Å². The first-order valence-electron chi connectivity index (χ1n) is 15.7. The maximum absolute atomic E-state index is 13.7. The van der Waals surface area contributed by atoms with E-state index in [-0.39, 0.29) is 12.0 Å². The fourth-order valence-electron chi connectivity index (χ4n) is 6.74. The van der Waals surface area contributed by atoms with Gasteiger partial charge >= 0.3 is 5.97 Å². The van der Waals surface area contributed by atoms with Crippen LogP contribution in [-0.2, 0) is 16.0 Å². The second-order valence-corrected chi connectivity index (χ2v) is 12.2. The summed E-state index contributed by atoms with van der Waals surface area (Å²) in [5, 5.41) is 1.10. The Morgan fingerprint density at radius 2 is 1.36 bits per heavy atom. The third-order valence-electron chi connectivity index (χ3n) is 9.44. The molecule has 0 amide bonds. The number of carbonyl (C=O) groups excluding carboxylic acids is 1. The average Bonchev–Trinajstić information content (AvgIpc) is 3.46. The van der Waals surface area contributed by atoms with E-state index in [9.17, 15) is 4.79 Å². The SMILES string of the molecule is COC(=O)[C@H]1Cc2c([nH]c3ccccc23)[C@@H](c2ccc(OC)cc2)N1c1nc(N2CCN(C)CC2)nc(N2CCN(C)CC2)n1. The number of methoxy groups -OCH3 is 2. The van der Waals surface area contributed by atoms with E-state index in [2.05, 4.69) is 62.9 Å². The lowest BCUT2D eigenvalue weighted by atomic mass is 9.88. The van der Waals surface area contributed by atoms with Crippen LogP contribution in [0.3, 0.4) is 0 Å². The highest BCUT2D eigenvalue weighted by atomic mass is 16.5. The average molecular weight is 612 g/mol. The van der Waals surface area contributed by atoms with Crippen molar-refractivity contribution >= 4 is 34.7 Å². The zero-order valence-corrected chi connectivity index (χ0v) is 26.4. The molecule has 2 aromatic heterocycles. The second kappa shape index (κ2) is 12.2. The van der Waals surface area contributed by atoms with Crippen LogP contribution in [0.4, 0.5) is 17.8 Å². The number of aromatic nitrogens is 4. The summed E-state index contributed by atoms with van der Waals surface area (Å²) >= 11 is 0. The van der Waals surface area contributed by atoms with Crippen molar-refractivity contribution in [3.05, 3.63) is 65.4 Å². The highest BCUT2D eigenvalue weighted by Gasteiger charge is 2.44. The quantitative estimate of drug-likeness (QED) is 0.325. The van der Waals surface area contributed by atoms with E-state index in [1.807, 2.05) is 29.2 Å². The number of aromatic amines is 1. The predicted octanol–water partition coefficient (Wildman–Crippen LogP) is 2.56. The number of fused-ring (bicyclic) bond motifs is 3. The molecule has 2 saturated heterocycles. The molecule has 0 unspecified atom stereocenters. The fourth-order valence-corrected chi connectivity index (χ4v) is 6.74. The summed E-state index contributed by atoms with van der Waals surface area (Å²) in [7, 11) is 7.39. The number of H-pyrrole nitrogens is 1. The molecule has 0 aliphatic carbocycles. The van der Waals surface area contributed by atoms with Gasteiger partial charge in [0.2, 0.25) is 17.8 Å². The highest BCUT2D eigenvalue weighted by Crippen LogP contribution is 2.43. The number of likely N-dealkylation sites (N-methyl/N-ethyl adjacent to an activating group) is 2. The van der Waals surface area contributed by atoms with Gasteiger partial charge < -0.3 is 39.0 Å². The van der Waals surface area contributed by atoms with Crippen molar-refractivity contribution in [2.24, 2.45) is 0 Å². The lowest BCUT2D eigenvalue weighted by molar-refractivity contribution is -0.142. The first-order chi connectivity index (χ1) is 21.9. The lowest BCUT2D eigenvalue weighted by Crippen LogP contribution is -2.51. The molecule has 3 aliphatic rings. The van der Waals surface area contributed by atoms with Crippen LogP contribution in [0.5, 0.6) is 5.75 Å². The first kappa shape index (κ1) is 29.3. The number of para-hydroxylation sites is 1. The number of piperazine rings is 2. The molecule has 7 rings (SSSR count). The highest BCUT2D eigenvalue weighted by molar-refractivity contribution is 5.89. The molecule has 12 nitrogen and oxygen atoms in total. The summed E-state index contributed by atoms with van der Waals surface area (Å²) in [5.74, 6) is 2.18. The second-order valence-electron chi connectivity index (χ2n) is 12.2. The van der Waals surface area contributed by atoms with Crippen LogP contribution in [0.15, 0.2) is 48.5 Å². The molecule has 2 aromatic carbocycles.